The van der Waals surface area contributed by atoms with Crippen molar-refractivity contribution in [3.63, 3.8) is 0 Å². The molecule has 22 heavy (non-hydrogen) atoms. The lowest BCUT2D eigenvalue weighted by atomic mass is 10.1. The molecule has 2 amide bonds. The van der Waals surface area contributed by atoms with Crippen molar-refractivity contribution in [2.75, 3.05) is 5.32 Å². The van der Waals surface area contributed by atoms with E-state index in [0.717, 1.165) is 27.8 Å². The van der Waals surface area contributed by atoms with Crippen LogP contribution in [0.2, 0.25) is 0 Å². The van der Waals surface area contributed by atoms with E-state index in [1.54, 1.807) is 4.68 Å². The van der Waals surface area contributed by atoms with E-state index in [9.17, 15) is 4.79 Å². The molecule has 0 spiro atoms. The van der Waals surface area contributed by atoms with Crippen LogP contribution in [0.1, 0.15) is 11.4 Å². The number of aryl methyl sites for hydroxylation is 2. The van der Waals surface area contributed by atoms with Crippen LogP contribution in [0.15, 0.2) is 48.5 Å². The molecule has 112 valence electrons. The third-order valence-corrected chi connectivity index (χ3v) is 3.57. The highest BCUT2D eigenvalue weighted by Crippen LogP contribution is 2.22. The van der Waals surface area contributed by atoms with E-state index in [1.807, 2.05) is 62.5 Å². The lowest BCUT2D eigenvalue weighted by Gasteiger charge is -2.10. The number of hydrogen-bond donors (Lipinski definition) is 2. The summed E-state index contributed by atoms with van der Waals surface area (Å²) in [4.78, 5) is 12.1. The van der Waals surface area contributed by atoms with Gasteiger partial charge in [0.15, 0.2) is 0 Å². The van der Waals surface area contributed by atoms with Gasteiger partial charge in [0.05, 0.1) is 23.6 Å². The zero-order valence-electron chi connectivity index (χ0n) is 12.6. The molecule has 3 rings (SSSR count). The maximum Gasteiger partial charge on any atom is 0.319 e. The fourth-order valence-electron chi connectivity index (χ4n) is 2.50. The van der Waals surface area contributed by atoms with Gasteiger partial charge >= 0.3 is 6.03 Å². The van der Waals surface area contributed by atoms with Crippen LogP contribution in [0.5, 0.6) is 0 Å². The van der Waals surface area contributed by atoms with Crippen molar-refractivity contribution in [2.45, 2.75) is 13.5 Å². The third-order valence-electron chi connectivity index (χ3n) is 3.57. The first-order valence-electron chi connectivity index (χ1n) is 7.15. The summed E-state index contributed by atoms with van der Waals surface area (Å²) in [7, 11) is 1.87. The van der Waals surface area contributed by atoms with Crippen LogP contribution in [-0.4, -0.2) is 15.8 Å². The van der Waals surface area contributed by atoms with Gasteiger partial charge in [-0.3, -0.25) is 4.68 Å². The van der Waals surface area contributed by atoms with Gasteiger partial charge in [0, 0.05) is 12.4 Å². The molecular formula is C17H18N4O. The molecule has 0 saturated carbocycles. The molecule has 0 saturated heterocycles. The molecule has 0 atom stereocenters. The van der Waals surface area contributed by atoms with Crippen molar-refractivity contribution < 1.29 is 4.79 Å². The van der Waals surface area contributed by atoms with E-state index in [2.05, 4.69) is 15.7 Å². The van der Waals surface area contributed by atoms with E-state index in [4.69, 9.17) is 0 Å². The summed E-state index contributed by atoms with van der Waals surface area (Å²) in [6.45, 7) is 2.37. The van der Waals surface area contributed by atoms with Gasteiger partial charge in [-0.1, -0.05) is 36.4 Å². The Balaban J connectivity index is 1.70. The predicted molar refractivity (Wildman–Crippen MR) is 87.8 cm³/mol. The normalized spacial score (nSPS) is 10.6. The summed E-state index contributed by atoms with van der Waals surface area (Å²) in [6.07, 6.45) is 0. The number of nitrogens with zero attached hydrogens (tertiary/aromatic N) is 2. The number of carbonyl (C=O) groups is 1. The van der Waals surface area contributed by atoms with Gasteiger partial charge < -0.3 is 10.6 Å². The zero-order chi connectivity index (χ0) is 15.5. The second-order valence-electron chi connectivity index (χ2n) is 5.24. The number of hydrogen-bond acceptors (Lipinski definition) is 2. The predicted octanol–water partition coefficient (Wildman–Crippen LogP) is 3.20. The lowest BCUT2D eigenvalue weighted by molar-refractivity contribution is 0.251. The quantitative estimate of drug-likeness (QED) is 0.779. The molecular weight excluding hydrogens is 276 g/mol. The van der Waals surface area contributed by atoms with Gasteiger partial charge in [-0.15, -0.1) is 0 Å². The molecule has 0 unspecified atom stereocenters. The Hall–Kier alpha value is -2.82. The van der Waals surface area contributed by atoms with Gasteiger partial charge in [-0.25, -0.2) is 4.79 Å². The van der Waals surface area contributed by atoms with E-state index in [-0.39, 0.29) is 6.03 Å². The summed E-state index contributed by atoms with van der Waals surface area (Å²) < 4.78 is 1.77. The van der Waals surface area contributed by atoms with Crippen LogP contribution < -0.4 is 10.6 Å². The van der Waals surface area contributed by atoms with Gasteiger partial charge in [0.25, 0.3) is 0 Å². The molecule has 0 aliphatic rings. The number of rotatable bonds is 3. The number of benzene rings is 2. The summed E-state index contributed by atoms with van der Waals surface area (Å²) >= 11 is 0. The maximum atomic E-state index is 12.1. The minimum Gasteiger partial charge on any atom is -0.332 e. The van der Waals surface area contributed by atoms with Gasteiger partial charge in [-0.2, -0.15) is 5.10 Å². The lowest BCUT2D eigenvalue weighted by Crippen LogP contribution is -2.29. The number of carbonyl (C=O) groups excluding carboxylic acids is 1. The molecule has 3 aromatic rings. The van der Waals surface area contributed by atoms with Gasteiger partial charge in [0.2, 0.25) is 0 Å². The van der Waals surface area contributed by atoms with Crippen LogP contribution in [0.25, 0.3) is 10.8 Å². The summed E-state index contributed by atoms with van der Waals surface area (Å²) in [6, 6.07) is 15.6. The van der Waals surface area contributed by atoms with E-state index < -0.39 is 0 Å². The second kappa shape index (κ2) is 5.89. The monoisotopic (exact) mass is 294 g/mol. The van der Waals surface area contributed by atoms with Crippen LogP contribution in [0.4, 0.5) is 10.5 Å². The van der Waals surface area contributed by atoms with Crippen LogP contribution >= 0.6 is 0 Å². The standard InChI is InChI=1S/C17H18N4O/c1-12-10-14(21(2)20-12)11-18-17(22)19-16-9-5-7-13-6-3-4-8-15(13)16/h3-10H,11H2,1-2H3,(H2,18,19,22). The Morgan fingerprint density at radius 3 is 2.73 bits per heavy atom. The smallest absolute Gasteiger partial charge is 0.319 e. The van der Waals surface area contributed by atoms with Crippen LogP contribution in [0, 0.1) is 6.92 Å². The minimum atomic E-state index is -0.227. The van der Waals surface area contributed by atoms with Crippen molar-refractivity contribution >= 4 is 22.5 Å². The fraction of sp³-hybridized carbons (Fsp3) is 0.176. The molecule has 5 heteroatoms. The Morgan fingerprint density at radius 2 is 1.95 bits per heavy atom. The van der Waals surface area contributed by atoms with Crippen LogP contribution in [-0.2, 0) is 13.6 Å². The molecule has 1 heterocycles. The van der Waals surface area contributed by atoms with E-state index >= 15 is 0 Å². The molecule has 1 aromatic heterocycles. The molecule has 0 aliphatic carbocycles. The number of anilines is 1. The second-order valence-corrected chi connectivity index (χ2v) is 5.24. The number of fused-ring (bicyclic) bond motifs is 1. The van der Waals surface area contributed by atoms with Crippen molar-refractivity contribution in [2.24, 2.45) is 7.05 Å². The molecule has 2 N–H and O–H groups in total. The van der Waals surface area contributed by atoms with Crippen molar-refractivity contribution in [3.8, 4) is 0 Å². The highest BCUT2D eigenvalue weighted by molar-refractivity contribution is 6.01. The first-order valence-corrected chi connectivity index (χ1v) is 7.15. The van der Waals surface area contributed by atoms with Crippen LogP contribution in [0.3, 0.4) is 0 Å². The Morgan fingerprint density at radius 1 is 1.18 bits per heavy atom. The number of urea groups is 1. The largest absolute Gasteiger partial charge is 0.332 e. The Labute approximate surface area is 128 Å². The maximum absolute atomic E-state index is 12.1. The van der Waals surface area contributed by atoms with E-state index in [1.165, 1.54) is 0 Å². The van der Waals surface area contributed by atoms with Gasteiger partial charge in [-0.05, 0) is 24.4 Å². The average Bonchev–Trinajstić information content (AvgIpc) is 2.83. The van der Waals surface area contributed by atoms with Crippen molar-refractivity contribution in [3.05, 3.63) is 59.9 Å². The topological polar surface area (TPSA) is 59.0 Å². The molecule has 0 bridgehead atoms. The van der Waals surface area contributed by atoms with E-state index in [0.29, 0.717) is 6.54 Å². The summed E-state index contributed by atoms with van der Waals surface area (Å²) in [5.74, 6) is 0. The minimum absolute atomic E-state index is 0.227. The highest BCUT2D eigenvalue weighted by Gasteiger charge is 2.07. The molecule has 0 aliphatic heterocycles. The summed E-state index contributed by atoms with van der Waals surface area (Å²) in [5.41, 5.74) is 2.70. The summed E-state index contributed by atoms with van der Waals surface area (Å²) in [5, 5.41) is 12.1. The number of nitrogens with one attached hydrogen (secondary N) is 2. The number of aromatic nitrogens is 2. The Bertz CT molecular complexity index is 817. The SMILES string of the molecule is Cc1cc(CNC(=O)Nc2cccc3ccccc23)n(C)n1. The number of amides is 2. The van der Waals surface area contributed by atoms with Crippen molar-refractivity contribution in [1.29, 1.82) is 0 Å². The Kier molecular flexibility index (Phi) is 3.78. The zero-order valence-corrected chi connectivity index (χ0v) is 12.6. The first-order chi connectivity index (χ1) is 10.6. The van der Waals surface area contributed by atoms with Gasteiger partial charge in [0.1, 0.15) is 0 Å². The fourth-order valence-corrected chi connectivity index (χ4v) is 2.50. The molecule has 5 nitrogen and oxygen atoms in total. The molecule has 0 fully saturated rings. The first kappa shape index (κ1) is 14.1. The highest BCUT2D eigenvalue weighted by atomic mass is 16.2. The average molecular weight is 294 g/mol. The third kappa shape index (κ3) is 2.93. The molecule has 2 aromatic carbocycles. The molecule has 0 radical (unpaired) electrons. The van der Waals surface area contributed by atoms with Crippen molar-refractivity contribution in [1.82, 2.24) is 15.1 Å².